The molecule has 148 valence electrons. The zero-order valence-corrected chi connectivity index (χ0v) is 17.9. The number of alkyl halides is 2. The second kappa shape index (κ2) is 6.68. The summed E-state index contributed by atoms with van der Waals surface area (Å²) in [6, 6.07) is 24.7. The number of hydrogen-bond acceptors (Lipinski definition) is 2. The minimum atomic E-state index is -1.03. The number of ether oxygens (including phenoxy) is 2. The first-order valence-electron chi connectivity index (χ1n) is 9.94. The first-order chi connectivity index (χ1) is 14.0. The van der Waals surface area contributed by atoms with Gasteiger partial charge >= 0.3 is 0 Å². The van der Waals surface area contributed by atoms with Crippen LogP contribution >= 0.6 is 23.2 Å². The van der Waals surface area contributed by atoms with Crippen LogP contribution < -0.4 is 9.47 Å². The maximum Gasteiger partial charge on any atom is 0.174 e. The fourth-order valence-corrected chi connectivity index (χ4v) is 5.69. The summed E-state index contributed by atoms with van der Waals surface area (Å²) >= 11 is 14.0. The van der Waals surface area contributed by atoms with Crippen molar-refractivity contribution in [3.05, 3.63) is 95.1 Å². The van der Waals surface area contributed by atoms with Crippen molar-refractivity contribution < 1.29 is 9.47 Å². The van der Waals surface area contributed by atoms with Crippen molar-refractivity contribution in [2.24, 2.45) is 5.92 Å². The van der Waals surface area contributed by atoms with E-state index in [9.17, 15) is 0 Å². The molecule has 0 amide bonds. The van der Waals surface area contributed by atoms with E-state index in [2.05, 4.69) is 37.3 Å². The van der Waals surface area contributed by atoms with Gasteiger partial charge in [0.1, 0.15) is 11.5 Å². The molecule has 0 saturated heterocycles. The molecule has 0 aromatic heterocycles. The van der Waals surface area contributed by atoms with Gasteiger partial charge in [0, 0.05) is 11.5 Å². The summed E-state index contributed by atoms with van der Waals surface area (Å²) < 4.78 is 11.1. The quantitative estimate of drug-likeness (QED) is 0.438. The second-order valence-electron chi connectivity index (χ2n) is 7.82. The molecule has 0 spiro atoms. The molecule has 3 atom stereocenters. The Morgan fingerprint density at radius 2 is 1.62 bits per heavy atom. The smallest absolute Gasteiger partial charge is 0.174 e. The second-order valence-corrected chi connectivity index (χ2v) is 9.21. The molecule has 4 heteroatoms. The topological polar surface area (TPSA) is 18.5 Å². The van der Waals surface area contributed by atoms with Gasteiger partial charge in [-0.05, 0) is 43.2 Å². The molecule has 0 unspecified atom stereocenters. The third kappa shape index (κ3) is 2.69. The SMILES string of the molecule is CCOc1ccc([C@@]23Oc4ccccc4[C@@H](c4ccc(C)cc4)[C@@H]2C3(Cl)Cl)cc1. The molecule has 1 aliphatic carbocycles. The molecule has 1 aliphatic heterocycles. The molecular weight excluding hydrogens is 403 g/mol. The van der Waals surface area contributed by atoms with Crippen LogP contribution in [0, 0.1) is 12.8 Å². The number of hydrogen-bond donors (Lipinski definition) is 0. The zero-order valence-electron chi connectivity index (χ0n) is 16.4. The third-order valence-electron chi connectivity index (χ3n) is 6.13. The first-order valence-corrected chi connectivity index (χ1v) is 10.7. The van der Waals surface area contributed by atoms with Crippen LogP contribution in [-0.4, -0.2) is 10.9 Å². The van der Waals surface area contributed by atoms with Crippen molar-refractivity contribution in [1.82, 2.24) is 0 Å². The molecule has 3 aromatic rings. The third-order valence-corrected chi connectivity index (χ3v) is 7.16. The summed E-state index contributed by atoms with van der Waals surface area (Å²) in [5.41, 5.74) is 3.75. The largest absolute Gasteiger partial charge is 0.494 e. The van der Waals surface area contributed by atoms with Crippen LogP contribution in [0.2, 0.25) is 0 Å². The Kier molecular flexibility index (Phi) is 4.34. The maximum absolute atomic E-state index is 6.98. The van der Waals surface area contributed by atoms with Gasteiger partial charge in [-0.25, -0.2) is 0 Å². The lowest BCUT2D eigenvalue weighted by Gasteiger charge is -2.32. The molecule has 1 saturated carbocycles. The van der Waals surface area contributed by atoms with E-state index in [0.29, 0.717) is 6.61 Å². The Hall–Kier alpha value is -2.16. The lowest BCUT2D eigenvalue weighted by Crippen LogP contribution is -2.28. The Morgan fingerprint density at radius 3 is 2.31 bits per heavy atom. The summed E-state index contributed by atoms with van der Waals surface area (Å²) in [6.07, 6.45) is 0. The van der Waals surface area contributed by atoms with Crippen LogP contribution in [-0.2, 0) is 5.60 Å². The Morgan fingerprint density at radius 1 is 0.931 bits per heavy atom. The summed E-state index contributed by atoms with van der Waals surface area (Å²) in [6.45, 7) is 4.69. The molecule has 0 bridgehead atoms. The fraction of sp³-hybridized carbons (Fsp3) is 0.280. The molecule has 3 aromatic carbocycles. The molecule has 2 aliphatic rings. The van der Waals surface area contributed by atoms with E-state index in [-0.39, 0.29) is 11.8 Å². The van der Waals surface area contributed by atoms with Gasteiger partial charge in [0.2, 0.25) is 0 Å². The monoisotopic (exact) mass is 424 g/mol. The highest BCUT2D eigenvalue weighted by Crippen LogP contribution is 2.77. The average Bonchev–Trinajstić information content (AvgIpc) is 3.23. The lowest BCUT2D eigenvalue weighted by molar-refractivity contribution is 0.137. The van der Waals surface area contributed by atoms with E-state index in [0.717, 1.165) is 22.6 Å². The summed E-state index contributed by atoms with van der Waals surface area (Å²) in [4.78, 5) is 0. The number of aryl methyl sites for hydroxylation is 1. The number of rotatable bonds is 4. The van der Waals surface area contributed by atoms with Crippen molar-refractivity contribution in [2.45, 2.75) is 29.7 Å². The van der Waals surface area contributed by atoms with Gasteiger partial charge in [0.25, 0.3) is 0 Å². The van der Waals surface area contributed by atoms with Crippen molar-refractivity contribution in [3.63, 3.8) is 0 Å². The van der Waals surface area contributed by atoms with E-state index in [1.807, 2.05) is 49.4 Å². The molecule has 5 rings (SSSR count). The molecular formula is C25H22Cl2O2. The maximum atomic E-state index is 6.98. The predicted octanol–water partition coefficient (Wildman–Crippen LogP) is 6.62. The van der Waals surface area contributed by atoms with E-state index in [4.69, 9.17) is 32.7 Å². The Labute approximate surface area is 181 Å². The van der Waals surface area contributed by atoms with Crippen molar-refractivity contribution in [1.29, 1.82) is 0 Å². The van der Waals surface area contributed by atoms with Gasteiger partial charge in [-0.2, -0.15) is 0 Å². The highest BCUT2D eigenvalue weighted by molar-refractivity contribution is 6.52. The molecule has 29 heavy (non-hydrogen) atoms. The van der Waals surface area contributed by atoms with Crippen LogP contribution in [0.25, 0.3) is 0 Å². The Bertz CT molecular complexity index is 1040. The van der Waals surface area contributed by atoms with Crippen molar-refractivity contribution in [3.8, 4) is 11.5 Å². The molecule has 1 fully saturated rings. The van der Waals surface area contributed by atoms with Gasteiger partial charge in [-0.1, -0.05) is 83.4 Å². The molecule has 2 nitrogen and oxygen atoms in total. The van der Waals surface area contributed by atoms with Gasteiger partial charge in [0.15, 0.2) is 9.93 Å². The number of fused-ring (bicyclic) bond motifs is 2. The van der Waals surface area contributed by atoms with Crippen LogP contribution in [0.1, 0.15) is 35.1 Å². The normalized spacial score (nSPS) is 26.1. The number of halogens is 2. The summed E-state index contributed by atoms with van der Waals surface area (Å²) in [7, 11) is 0. The van der Waals surface area contributed by atoms with Crippen LogP contribution in [0.5, 0.6) is 11.5 Å². The van der Waals surface area contributed by atoms with E-state index in [1.54, 1.807) is 0 Å². The summed E-state index contributed by atoms with van der Waals surface area (Å²) in [5.74, 6) is 1.63. The highest BCUT2D eigenvalue weighted by atomic mass is 35.5. The van der Waals surface area contributed by atoms with Gasteiger partial charge in [-0.3, -0.25) is 0 Å². The van der Waals surface area contributed by atoms with Crippen molar-refractivity contribution >= 4 is 23.2 Å². The Balaban J connectivity index is 1.65. The zero-order chi connectivity index (χ0) is 20.2. The minimum Gasteiger partial charge on any atom is -0.494 e. The first kappa shape index (κ1) is 18.8. The van der Waals surface area contributed by atoms with Gasteiger partial charge in [0.05, 0.1) is 12.5 Å². The average molecular weight is 425 g/mol. The predicted molar refractivity (Wildman–Crippen MR) is 117 cm³/mol. The summed E-state index contributed by atoms with van der Waals surface area (Å²) in [5, 5.41) is 0. The van der Waals surface area contributed by atoms with Crippen molar-refractivity contribution in [2.75, 3.05) is 6.61 Å². The van der Waals surface area contributed by atoms with E-state index >= 15 is 0 Å². The van der Waals surface area contributed by atoms with Gasteiger partial charge in [-0.15, -0.1) is 0 Å². The minimum absolute atomic E-state index is 0.0575. The lowest BCUT2D eigenvalue weighted by atomic mass is 9.82. The number of para-hydroxylation sites is 1. The van der Waals surface area contributed by atoms with Crippen LogP contribution in [0.4, 0.5) is 0 Å². The fourth-order valence-electron chi connectivity index (χ4n) is 4.71. The standard InChI is InChI=1S/C25H22Cl2O2/c1-3-28-19-14-12-18(13-15-19)24-23(25(24,26)27)22(17-10-8-16(2)9-11-17)20-6-4-5-7-21(20)29-24/h4-15,22-23H,3H2,1-2H3/t22-,23+,24-/m1/s1. The van der Waals surface area contributed by atoms with Gasteiger partial charge < -0.3 is 9.47 Å². The molecule has 1 heterocycles. The highest BCUT2D eigenvalue weighted by Gasteiger charge is 2.83. The number of benzene rings is 3. The molecule has 0 N–H and O–H groups in total. The van der Waals surface area contributed by atoms with E-state index in [1.165, 1.54) is 11.1 Å². The van der Waals surface area contributed by atoms with Crippen LogP contribution in [0.15, 0.2) is 72.8 Å². The molecule has 0 radical (unpaired) electrons. The van der Waals surface area contributed by atoms with E-state index < -0.39 is 9.93 Å². The van der Waals surface area contributed by atoms with Crippen LogP contribution in [0.3, 0.4) is 0 Å².